The van der Waals surface area contributed by atoms with Gasteiger partial charge in [-0.2, -0.15) is 0 Å². The number of rotatable bonds is 7. The van der Waals surface area contributed by atoms with Gasteiger partial charge in [-0.1, -0.05) is 53.7 Å². The Morgan fingerprint density at radius 3 is 2.27 bits per heavy atom. The smallest absolute Gasteiger partial charge is 0.414 e. The zero-order valence-electron chi connectivity index (χ0n) is 18.1. The summed E-state index contributed by atoms with van der Waals surface area (Å²) in [6.45, 7) is 3.19. The lowest BCUT2D eigenvalue weighted by Gasteiger charge is -2.16. The maximum atomic E-state index is 12.3. The summed E-state index contributed by atoms with van der Waals surface area (Å²) in [7, 11) is 0. The molecule has 9 heteroatoms. The molecule has 2 amide bonds. The molecular weight excluding hydrogens is 426 g/mol. The number of benzene rings is 2. The molecule has 0 spiro atoms. The molecule has 3 aromatic rings. The molecule has 1 aromatic heterocycles. The number of carboxylic acids is 1. The molecule has 0 fully saturated rings. The Bertz CT molecular complexity index is 1160. The first-order valence-electron chi connectivity index (χ1n) is 10.5. The average molecular weight is 449 g/mol. The lowest BCUT2D eigenvalue weighted by Crippen LogP contribution is -2.40. The molecule has 170 valence electrons. The van der Waals surface area contributed by atoms with Gasteiger partial charge in [0.1, 0.15) is 6.61 Å². The van der Waals surface area contributed by atoms with E-state index >= 15 is 0 Å². The number of fused-ring (bicyclic) bond motifs is 3. The maximum Gasteiger partial charge on any atom is 0.414 e. The van der Waals surface area contributed by atoms with Gasteiger partial charge in [-0.15, -0.1) is 0 Å². The molecule has 1 heterocycles. The van der Waals surface area contributed by atoms with Crippen LogP contribution in [0.1, 0.15) is 41.4 Å². The highest BCUT2D eigenvalue weighted by Gasteiger charge is 2.29. The minimum Gasteiger partial charge on any atom is -0.481 e. The Morgan fingerprint density at radius 1 is 1.06 bits per heavy atom. The van der Waals surface area contributed by atoms with Crippen LogP contribution in [-0.2, 0) is 9.53 Å². The molecule has 2 unspecified atom stereocenters. The molecule has 0 bridgehead atoms. The van der Waals surface area contributed by atoms with Gasteiger partial charge >= 0.3 is 12.1 Å². The van der Waals surface area contributed by atoms with Gasteiger partial charge < -0.3 is 19.7 Å². The molecule has 9 nitrogen and oxygen atoms in total. The number of amides is 2. The number of carbonyl (C=O) groups excluding carboxylic acids is 2. The minimum absolute atomic E-state index is 0.0590. The SMILES string of the molecule is CC(NC(=O)c1cc(NC(=O)OCC2c3ccccc3-c3ccccc32)on1)C(C)C(=O)O. The van der Waals surface area contributed by atoms with Crippen molar-refractivity contribution < 1.29 is 28.8 Å². The molecule has 1 aliphatic rings. The first-order chi connectivity index (χ1) is 15.8. The number of hydrogen-bond donors (Lipinski definition) is 3. The van der Waals surface area contributed by atoms with Crippen molar-refractivity contribution in [3.8, 4) is 11.1 Å². The van der Waals surface area contributed by atoms with Crippen molar-refractivity contribution in [2.24, 2.45) is 5.92 Å². The molecule has 3 N–H and O–H groups in total. The van der Waals surface area contributed by atoms with Gasteiger partial charge in [0, 0.05) is 18.0 Å². The van der Waals surface area contributed by atoms with E-state index in [2.05, 4.69) is 15.8 Å². The minimum atomic E-state index is -1.03. The summed E-state index contributed by atoms with van der Waals surface area (Å²) < 4.78 is 10.4. The molecule has 0 saturated carbocycles. The van der Waals surface area contributed by atoms with Crippen LogP contribution in [0.4, 0.5) is 10.7 Å². The molecule has 2 aromatic carbocycles. The number of nitrogens with zero attached hydrogens (tertiary/aromatic N) is 1. The van der Waals surface area contributed by atoms with Gasteiger partial charge in [0.2, 0.25) is 5.88 Å². The summed E-state index contributed by atoms with van der Waals surface area (Å²) in [6, 6.07) is 16.6. The van der Waals surface area contributed by atoms with E-state index < -0.39 is 29.9 Å². The molecule has 1 aliphatic carbocycles. The third-order valence-electron chi connectivity index (χ3n) is 5.81. The van der Waals surface area contributed by atoms with Crippen LogP contribution in [0.25, 0.3) is 11.1 Å². The largest absolute Gasteiger partial charge is 0.481 e. The van der Waals surface area contributed by atoms with Crippen LogP contribution in [0, 0.1) is 5.92 Å². The topological polar surface area (TPSA) is 131 Å². The van der Waals surface area contributed by atoms with E-state index in [0.717, 1.165) is 22.3 Å². The van der Waals surface area contributed by atoms with E-state index in [0.29, 0.717) is 0 Å². The Labute approximate surface area is 189 Å². The molecule has 0 saturated heterocycles. The second kappa shape index (κ2) is 9.15. The van der Waals surface area contributed by atoms with Crippen molar-refractivity contribution in [1.82, 2.24) is 10.5 Å². The summed E-state index contributed by atoms with van der Waals surface area (Å²) >= 11 is 0. The summed E-state index contributed by atoms with van der Waals surface area (Å²) in [4.78, 5) is 35.6. The lowest BCUT2D eigenvalue weighted by molar-refractivity contribution is -0.141. The third kappa shape index (κ3) is 4.57. The Hall–Kier alpha value is -4.14. The van der Waals surface area contributed by atoms with E-state index in [1.54, 1.807) is 6.92 Å². The van der Waals surface area contributed by atoms with Crippen molar-refractivity contribution >= 4 is 23.9 Å². The number of carbonyl (C=O) groups is 3. The van der Waals surface area contributed by atoms with Crippen LogP contribution in [0.15, 0.2) is 59.1 Å². The van der Waals surface area contributed by atoms with Crippen LogP contribution in [0.2, 0.25) is 0 Å². The van der Waals surface area contributed by atoms with Gasteiger partial charge in [-0.3, -0.25) is 14.9 Å². The molecular formula is C24H23N3O6. The van der Waals surface area contributed by atoms with E-state index in [1.807, 2.05) is 48.5 Å². The van der Waals surface area contributed by atoms with Gasteiger partial charge in [-0.05, 0) is 36.1 Å². The predicted octanol–water partition coefficient (Wildman–Crippen LogP) is 3.87. The fraction of sp³-hybridized carbons (Fsp3) is 0.250. The fourth-order valence-electron chi connectivity index (χ4n) is 3.80. The highest BCUT2D eigenvalue weighted by Crippen LogP contribution is 2.44. The van der Waals surface area contributed by atoms with E-state index in [1.165, 1.54) is 13.0 Å². The lowest BCUT2D eigenvalue weighted by atomic mass is 9.98. The van der Waals surface area contributed by atoms with Crippen molar-refractivity contribution in [2.75, 3.05) is 11.9 Å². The molecule has 4 rings (SSSR count). The zero-order chi connectivity index (χ0) is 23.5. The van der Waals surface area contributed by atoms with Crippen molar-refractivity contribution in [2.45, 2.75) is 25.8 Å². The number of anilines is 1. The molecule has 2 atom stereocenters. The standard InChI is InChI=1S/C24H23N3O6/c1-13(23(29)30)14(2)25-22(28)20-11-21(33-27-20)26-24(31)32-12-19-17-9-5-3-7-15(17)16-8-4-6-10-18(16)19/h3-11,13-14,19H,12H2,1-2H3,(H,25,28)(H,26,31)(H,29,30). The summed E-state index contributed by atoms with van der Waals surface area (Å²) in [5, 5.41) is 17.6. The number of aliphatic carboxylic acids is 1. The first kappa shape index (κ1) is 22.1. The molecule has 0 aliphatic heterocycles. The van der Waals surface area contributed by atoms with Gasteiger partial charge in [0.15, 0.2) is 5.69 Å². The maximum absolute atomic E-state index is 12.3. The normalized spacial score (nSPS) is 14.0. The second-order valence-electron chi connectivity index (χ2n) is 7.92. The van der Waals surface area contributed by atoms with Gasteiger partial charge in [0.25, 0.3) is 5.91 Å². The number of aromatic nitrogens is 1. The van der Waals surface area contributed by atoms with Crippen LogP contribution in [-0.4, -0.2) is 40.9 Å². The monoisotopic (exact) mass is 449 g/mol. The molecule has 33 heavy (non-hydrogen) atoms. The number of nitrogens with one attached hydrogen (secondary N) is 2. The van der Waals surface area contributed by atoms with Crippen LogP contribution in [0.5, 0.6) is 0 Å². The van der Waals surface area contributed by atoms with Crippen LogP contribution < -0.4 is 10.6 Å². The Kier molecular flexibility index (Phi) is 6.12. The second-order valence-corrected chi connectivity index (χ2v) is 7.92. The predicted molar refractivity (Wildman–Crippen MR) is 119 cm³/mol. The first-order valence-corrected chi connectivity index (χ1v) is 10.5. The highest BCUT2D eigenvalue weighted by molar-refractivity contribution is 5.94. The van der Waals surface area contributed by atoms with E-state index in [4.69, 9.17) is 14.4 Å². The van der Waals surface area contributed by atoms with Crippen LogP contribution in [0.3, 0.4) is 0 Å². The Balaban J connectivity index is 1.36. The van der Waals surface area contributed by atoms with Crippen molar-refractivity contribution in [1.29, 1.82) is 0 Å². The highest BCUT2D eigenvalue weighted by atomic mass is 16.6. The number of hydrogen-bond acceptors (Lipinski definition) is 6. The summed E-state index contributed by atoms with van der Waals surface area (Å²) in [5.74, 6) is -2.56. The third-order valence-corrected chi connectivity index (χ3v) is 5.81. The summed E-state index contributed by atoms with van der Waals surface area (Å²) in [5.41, 5.74) is 4.34. The Morgan fingerprint density at radius 2 is 1.67 bits per heavy atom. The fourth-order valence-corrected chi connectivity index (χ4v) is 3.80. The van der Waals surface area contributed by atoms with Crippen LogP contribution >= 0.6 is 0 Å². The van der Waals surface area contributed by atoms with E-state index in [9.17, 15) is 14.4 Å². The quantitative estimate of drug-likeness (QED) is 0.499. The van der Waals surface area contributed by atoms with Gasteiger partial charge in [-0.25, -0.2) is 4.79 Å². The number of ether oxygens (including phenoxy) is 1. The molecule has 0 radical (unpaired) electrons. The zero-order valence-corrected chi connectivity index (χ0v) is 18.1. The average Bonchev–Trinajstić information content (AvgIpc) is 3.40. The van der Waals surface area contributed by atoms with E-state index in [-0.39, 0.29) is 24.1 Å². The summed E-state index contributed by atoms with van der Waals surface area (Å²) in [6.07, 6.45) is -0.743. The van der Waals surface area contributed by atoms with Crippen molar-refractivity contribution in [3.05, 3.63) is 71.4 Å². The van der Waals surface area contributed by atoms with Crippen molar-refractivity contribution in [3.63, 3.8) is 0 Å². The number of carboxylic acid groups (broad SMARTS) is 1. The van der Waals surface area contributed by atoms with Gasteiger partial charge in [0.05, 0.1) is 5.92 Å².